The molecule has 0 spiro atoms. The van der Waals surface area contributed by atoms with Crippen LogP contribution in [0.1, 0.15) is 16.1 Å². The summed E-state index contributed by atoms with van der Waals surface area (Å²) in [4.78, 5) is 40.7. The van der Waals surface area contributed by atoms with Crippen LogP contribution in [0.2, 0.25) is 0 Å². The van der Waals surface area contributed by atoms with E-state index in [4.69, 9.17) is 5.73 Å². The van der Waals surface area contributed by atoms with Crippen LogP contribution < -0.4 is 11.1 Å². The molecule has 3 aromatic rings. The maximum Gasteiger partial charge on any atom is 0.287 e. The monoisotopic (exact) mass is 381 g/mol. The van der Waals surface area contributed by atoms with Crippen molar-refractivity contribution in [2.24, 2.45) is 5.73 Å². The summed E-state index contributed by atoms with van der Waals surface area (Å²) in [6, 6.07) is 11.4. The summed E-state index contributed by atoms with van der Waals surface area (Å²) >= 11 is 1.05. The van der Waals surface area contributed by atoms with Crippen molar-refractivity contribution < 1.29 is 14.4 Å². The van der Waals surface area contributed by atoms with Crippen LogP contribution in [-0.4, -0.2) is 38.2 Å². The molecular weight excluding hydrogens is 366 g/mol. The summed E-state index contributed by atoms with van der Waals surface area (Å²) in [6.07, 6.45) is 3.31. The zero-order chi connectivity index (χ0) is 19.2. The number of aromatic nitrogens is 3. The van der Waals surface area contributed by atoms with Gasteiger partial charge in [-0.05, 0) is 34.8 Å². The molecule has 0 aliphatic carbocycles. The number of carbonyl (C=O) groups excluding carboxylic acids is 3. The third-order valence-corrected chi connectivity index (χ3v) is 4.57. The minimum Gasteiger partial charge on any atom is -0.363 e. The summed E-state index contributed by atoms with van der Waals surface area (Å²) in [5, 5.41) is 6.42. The Balaban J connectivity index is 1.84. The molecule has 2 aromatic heterocycles. The number of carbonyl (C=O) groups is 3. The number of Topliss-reactive ketones (excluding diaryl/α,β-unsaturated/α-hetero) is 1. The first kappa shape index (κ1) is 18.3. The van der Waals surface area contributed by atoms with Crippen molar-refractivity contribution in [1.82, 2.24) is 19.9 Å². The predicted molar refractivity (Wildman–Crippen MR) is 98.7 cm³/mol. The smallest absolute Gasteiger partial charge is 0.287 e. The zero-order valence-corrected chi connectivity index (χ0v) is 14.8. The van der Waals surface area contributed by atoms with E-state index in [1.54, 1.807) is 48.8 Å². The first-order valence-electron chi connectivity index (χ1n) is 7.97. The summed E-state index contributed by atoms with van der Waals surface area (Å²) in [5.74, 6) is -2.59. The topological polar surface area (TPSA) is 128 Å². The molecular formula is C18H15N5O3S. The lowest BCUT2D eigenvalue weighted by atomic mass is 10.0. The van der Waals surface area contributed by atoms with Crippen molar-refractivity contribution in [1.29, 1.82) is 0 Å². The number of nitrogens with zero attached hydrogens (tertiary/aromatic N) is 3. The Morgan fingerprint density at radius 1 is 1.07 bits per heavy atom. The molecule has 1 atom stereocenters. The van der Waals surface area contributed by atoms with Gasteiger partial charge < -0.3 is 11.1 Å². The third-order valence-electron chi connectivity index (χ3n) is 3.79. The average Bonchev–Trinajstić information content (AvgIpc) is 3.18. The Kier molecular flexibility index (Phi) is 5.62. The van der Waals surface area contributed by atoms with Crippen molar-refractivity contribution in [2.75, 3.05) is 0 Å². The van der Waals surface area contributed by atoms with Crippen LogP contribution in [-0.2, 0) is 16.0 Å². The second-order valence-corrected chi connectivity index (χ2v) is 6.38. The quantitative estimate of drug-likeness (QED) is 0.588. The van der Waals surface area contributed by atoms with Crippen molar-refractivity contribution >= 4 is 29.1 Å². The maximum absolute atomic E-state index is 12.7. The minimum absolute atomic E-state index is 0.0709. The Bertz CT molecular complexity index is 959. The van der Waals surface area contributed by atoms with Crippen LogP contribution in [0.5, 0.6) is 0 Å². The number of primary amides is 1. The molecule has 0 saturated carbocycles. The standard InChI is InChI=1S/C18H15N5O3S/c19-17(25)15(24)13(10-11-4-2-1-3-5-11)21-18(26)14-16(27-23-22-14)12-6-8-20-9-7-12/h1-9,13H,10H2,(H2,19,25)(H,21,26). The van der Waals surface area contributed by atoms with E-state index < -0.39 is 23.6 Å². The molecule has 2 heterocycles. The highest BCUT2D eigenvalue weighted by molar-refractivity contribution is 7.09. The molecule has 2 amide bonds. The molecule has 1 aromatic carbocycles. The molecule has 136 valence electrons. The Morgan fingerprint density at radius 3 is 2.44 bits per heavy atom. The van der Waals surface area contributed by atoms with Crippen molar-refractivity contribution in [3.8, 4) is 10.4 Å². The van der Waals surface area contributed by atoms with E-state index in [1.165, 1.54) is 0 Å². The second-order valence-electron chi connectivity index (χ2n) is 5.63. The number of pyridine rings is 1. The van der Waals surface area contributed by atoms with Gasteiger partial charge in [-0.3, -0.25) is 19.4 Å². The maximum atomic E-state index is 12.7. The number of hydrogen-bond acceptors (Lipinski definition) is 7. The fourth-order valence-electron chi connectivity index (χ4n) is 2.49. The lowest BCUT2D eigenvalue weighted by Gasteiger charge is -2.16. The molecule has 3 rings (SSSR count). The first-order valence-corrected chi connectivity index (χ1v) is 8.74. The largest absolute Gasteiger partial charge is 0.363 e. The van der Waals surface area contributed by atoms with Crippen LogP contribution in [0.25, 0.3) is 10.4 Å². The SMILES string of the molecule is NC(=O)C(=O)C(Cc1ccccc1)NC(=O)c1nnsc1-c1ccncc1. The minimum atomic E-state index is -1.11. The number of amides is 2. The predicted octanol–water partition coefficient (Wildman–Crippen LogP) is 0.996. The van der Waals surface area contributed by atoms with Gasteiger partial charge in [0.15, 0.2) is 5.69 Å². The van der Waals surface area contributed by atoms with E-state index in [9.17, 15) is 14.4 Å². The molecule has 0 fully saturated rings. The molecule has 8 nitrogen and oxygen atoms in total. The fraction of sp³-hybridized carbons (Fsp3) is 0.111. The number of nitrogens with one attached hydrogen (secondary N) is 1. The van der Waals surface area contributed by atoms with Gasteiger partial charge in [-0.1, -0.05) is 34.8 Å². The lowest BCUT2D eigenvalue weighted by molar-refractivity contribution is -0.137. The Morgan fingerprint density at radius 2 is 1.78 bits per heavy atom. The van der Waals surface area contributed by atoms with Crippen LogP contribution in [0.3, 0.4) is 0 Å². The summed E-state index contributed by atoms with van der Waals surface area (Å²) in [6.45, 7) is 0. The van der Waals surface area contributed by atoms with E-state index >= 15 is 0 Å². The van der Waals surface area contributed by atoms with E-state index in [2.05, 4.69) is 19.9 Å². The molecule has 0 bridgehead atoms. The first-order chi connectivity index (χ1) is 13.1. The highest BCUT2D eigenvalue weighted by atomic mass is 32.1. The van der Waals surface area contributed by atoms with Crippen LogP contribution in [0.4, 0.5) is 0 Å². The third kappa shape index (κ3) is 4.39. The molecule has 3 N–H and O–H groups in total. The summed E-state index contributed by atoms with van der Waals surface area (Å²) < 4.78 is 3.82. The van der Waals surface area contributed by atoms with Gasteiger partial charge in [-0.2, -0.15) is 0 Å². The lowest BCUT2D eigenvalue weighted by Crippen LogP contribution is -2.47. The van der Waals surface area contributed by atoms with Crippen molar-refractivity contribution in [3.63, 3.8) is 0 Å². The van der Waals surface area contributed by atoms with E-state index in [1.807, 2.05) is 6.07 Å². The molecule has 0 aliphatic rings. The van der Waals surface area contributed by atoms with Gasteiger partial charge in [0.2, 0.25) is 5.78 Å². The molecule has 0 aliphatic heterocycles. The van der Waals surface area contributed by atoms with Crippen molar-refractivity contribution in [2.45, 2.75) is 12.5 Å². The van der Waals surface area contributed by atoms with Crippen molar-refractivity contribution in [3.05, 3.63) is 66.1 Å². The average molecular weight is 381 g/mol. The van der Waals surface area contributed by atoms with Gasteiger partial charge in [0, 0.05) is 18.8 Å². The molecule has 1 unspecified atom stereocenters. The number of hydrogen-bond donors (Lipinski definition) is 2. The van der Waals surface area contributed by atoms with E-state index in [0.717, 1.165) is 22.7 Å². The van der Waals surface area contributed by atoms with Gasteiger partial charge in [0.25, 0.3) is 11.8 Å². The second kappa shape index (κ2) is 8.28. The molecule has 27 heavy (non-hydrogen) atoms. The van der Waals surface area contributed by atoms with E-state index in [0.29, 0.717) is 4.88 Å². The normalized spacial score (nSPS) is 11.6. The number of benzene rings is 1. The van der Waals surface area contributed by atoms with Gasteiger partial charge in [-0.15, -0.1) is 5.10 Å². The highest BCUT2D eigenvalue weighted by Gasteiger charge is 2.28. The van der Waals surface area contributed by atoms with E-state index in [-0.39, 0.29) is 12.1 Å². The van der Waals surface area contributed by atoms with Gasteiger partial charge in [0.1, 0.15) is 6.04 Å². The fourth-order valence-corrected chi connectivity index (χ4v) is 3.15. The molecule has 9 heteroatoms. The highest BCUT2D eigenvalue weighted by Crippen LogP contribution is 2.25. The number of ketones is 1. The molecule has 0 saturated heterocycles. The number of rotatable bonds is 7. The van der Waals surface area contributed by atoms with Gasteiger partial charge in [-0.25, -0.2) is 0 Å². The molecule has 0 radical (unpaired) electrons. The van der Waals surface area contributed by atoms with Gasteiger partial charge >= 0.3 is 0 Å². The van der Waals surface area contributed by atoms with Gasteiger partial charge in [0.05, 0.1) is 4.88 Å². The van der Waals surface area contributed by atoms with Crippen LogP contribution in [0.15, 0.2) is 54.9 Å². The van der Waals surface area contributed by atoms with Crippen LogP contribution in [0, 0.1) is 0 Å². The summed E-state index contributed by atoms with van der Waals surface area (Å²) in [5.41, 5.74) is 6.71. The Labute approximate surface area is 158 Å². The van der Waals surface area contributed by atoms with Crippen LogP contribution >= 0.6 is 11.5 Å². The summed E-state index contributed by atoms with van der Waals surface area (Å²) in [7, 11) is 0. The Hall–Kier alpha value is -3.46. The zero-order valence-electron chi connectivity index (χ0n) is 14.0. The number of nitrogens with two attached hydrogens (primary N) is 1.